The quantitative estimate of drug-likeness (QED) is 0.651. The van der Waals surface area contributed by atoms with Crippen molar-refractivity contribution in [2.45, 2.75) is 53.4 Å². The molecule has 1 rings (SSSR count). The predicted octanol–water partition coefficient (Wildman–Crippen LogP) is 1.80. The fourth-order valence-electron chi connectivity index (χ4n) is 1.65. The highest BCUT2D eigenvalue weighted by Crippen LogP contribution is 2.05. The standard InChI is InChI=1S/C12H23N3O2/c1-5-10-13-11(6-2)15(14-10)9-12(16-7-3)17-8-4/h12H,5-9H2,1-4H3. The first kappa shape index (κ1) is 14.1. The number of aryl methyl sites for hydroxylation is 2. The van der Waals surface area contributed by atoms with Crippen molar-refractivity contribution < 1.29 is 9.47 Å². The molecule has 0 amide bonds. The second kappa shape index (κ2) is 7.40. The van der Waals surface area contributed by atoms with Crippen molar-refractivity contribution in [3.63, 3.8) is 0 Å². The van der Waals surface area contributed by atoms with E-state index >= 15 is 0 Å². The summed E-state index contributed by atoms with van der Waals surface area (Å²) in [7, 11) is 0. The Bertz CT molecular complexity index is 320. The fourth-order valence-corrected chi connectivity index (χ4v) is 1.65. The van der Waals surface area contributed by atoms with Crippen molar-refractivity contribution in [1.29, 1.82) is 0 Å². The molecule has 5 heteroatoms. The molecule has 0 saturated heterocycles. The lowest BCUT2D eigenvalue weighted by atomic mass is 10.4. The smallest absolute Gasteiger partial charge is 0.177 e. The van der Waals surface area contributed by atoms with E-state index in [0.717, 1.165) is 24.5 Å². The SMILES string of the molecule is CCOC(Cn1nc(CC)nc1CC)OCC. The van der Waals surface area contributed by atoms with Crippen LogP contribution in [0.15, 0.2) is 0 Å². The Kier molecular flexibility index (Phi) is 6.15. The van der Waals surface area contributed by atoms with E-state index in [0.29, 0.717) is 19.8 Å². The van der Waals surface area contributed by atoms with Crippen LogP contribution in [-0.2, 0) is 28.9 Å². The number of nitrogens with zero attached hydrogens (tertiary/aromatic N) is 3. The summed E-state index contributed by atoms with van der Waals surface area (Å²) in [6.07, 6.45) is 1.49. The van der Waals surface area contributed by atoms with Crippen LogP contribution in [0.3, 0.4) is 0 Å². The zero-order valence-electron chi connectivity index (χ0n) is 11.3. The van der Waals surface area contributed by atoms with Crippen LogP contribution in [0.2, 0.25) is 0 Å². The molecule has 0 radical (unpaired) electrons. The Morgan fingerprint density at radius 2 is 1.71 bits per heavy atom. The molecule has 1 aromatic rings. The van der Waals surface area contributed by atoms with Crippen LogP contribution >= 0.6 is 0 Å². The molecule has 0 N–H and O–H groups in total. The second-order valence-corrected chi connectivity index (χ2v) is 3.67. The molecule has 0 unspecified atom stereocenters. The summed E-state index contributed by atoms with van der Waals surface area (Å²) in [6.45, 7) is 9.95. The van der Waals surface area contributed by atoms with Gasteiger partial charge in [-0.25, -0.2) is 9.67 Å². The second-order valence-electron chi connectivity index (χ2n) is 3.67. The number of aromatic nitrogens is 3. The third kappa shape index (κ3) is 4.09. The van der Waals surface area contributed by atoms with Gasteiger partial charge in [-0.3, -0.25) is 0 Å². The highest BCUT2D eigenvalue weighted by Gasteiger charge is 2.14. The van der Waals surface area contributed by atoms with Gasteiger partial charge in [0.15, 0.2) is 12.1 Å². The molecule has 0 aliphatic rings. The van der Waals surface area contributed by atoms with Crippen LogP contribution in [0.25, 0.3) is 0 Å². The molecule has 0 aliphatic carbocycles. The topological polar surface area (TPSA) is 49.2 Å². The van der Waals surface area contributed by atoms with Gasteiger partial charge in [-0.05, 0) is 13.8 Å². The first-order valence-corrected chi connectivity index (χ1v) is 6.40. The lowest BCUT2D eigenvalue weighted by Crippen LogP contribution is -2.25. The average molecular weight is 241 g/mol. The van der Waals surface area contributed by atoms with Gasteiger partial charge in [0.1, 0.15) is 5.82 Å². The van der Waals surface area contributed by atoms with Gasteiger partial charge in [0, 0.05) is 26.1 Å². The summed E-state index contributed by atoms with van der Waals surface area (Å²) in [5, 5.41) is 4.45. The van der Waals surface area contributed by atoms with E-state index in [2.05, 4.69) is 23.9 Å². The number of hydrogen-bond acceptors (Lipinski definition) is 4. The maximum atomic E-state index is 5.52. The average Bonchev–Trinajstić information content (AvgIpc) is 2.72. The van der Waals surface area contributed by atoms with E-state index in [1.165, 1.54) is 0 Å². The summed E-state index contributed by atoms with van der Waals surface area (Å²) in [6, 6.07) is 0. The molecule has 0 aromatic carbocycles. The molecule has 0 aliphatic heterocycles. The summed E-state index contributed by atoms with van der Waals surface area (Å²) in [5.74, 6) is 1.87. The number of ether oxygens (including phenoxy) is 2. The van der Waals surface area contributed by atoms with E-state index in [-0.39, 0.29) is 6.29 Å². The van der Waals surface area contributed by atoms with Crippen LogP contribution in [0, 0.1) is 0 Å². The Balaban J connectivity index is 2.72. The first-order valence-electron chi connectivity index (χ1n) is 6.40. The zero-order chi connectivity index (χ0) is 12.7. The third-order valence-corrected chi connectivity index (χ3v) is 2.45. The van der Waals surface area contributed by atoms with Crippen LogP contribution in [-0.4, -0.2) is 34.3 Å². The van der Waals surface area contributed by atoms with Crippen LogP contribution in [0.4, 0.5) is 0 Å². The fraction of sp³-hybridized carbons (Fsp3) is 0.833. The van der Waals surface area contributed by atoms with Crippen LogP contribution in [0.1, 0.15) is 39.3 Å². The molecule has 0 atom stereocenters. The minimum Gasteiger partial charge on any atom is -0.351 e. The lowest BCUT2D eigenvalue weighted by Gasteiger charge is -2.17. The summed E-state index contributed by atoms with van der Waals surface area (Å²) in [4.78, 5) is 4.46. The number of rotatable bonds is 8. The van der Waals surface area contributed by atoms with Gasteiger partial charge in [0.25, 0.3) is 0 Å². The maximum Gasteiger partial charge on any atom is 0.177 e. The number of hydrogen-bond donors (Lipinski definition) is 0. The monoisotopic (exact) mass is 241 g/mol. The van der Waals surface area contributed by atoms with Crippen molar-refractivity contribution in [3.05, 3.63) is 11.6 Å². The highest BCUT2D eigenvalue weighted by atomic mass is 16.7. The van der Waals surface area contributed by atoms with Gasteiger partial charge in [-0.2, -0.15) is 5.10 Å². The Morgan fingerprint density at radius 3 is 2.18 bits per heavy atom. The molecule has 98 valence electrons. The molecule has 1 heterocycles. The first-order chi connectivity index (χ1) is 8.24. The molecule has 5 nitrogen and oxygen atoms in total. The molecule has 1 aromatic heterocycles. The summed E-state index contributed by atoms with van der Waals surface area (Å²) in [5.41, 5.74) is 0. The molecule has 0 saturated carbocycles. The zero-order valence-corrected chi connectivity index (χ0v) is 11.3. The minimum absolute atomic E-state index is 0.235. The largest absolute Gasteiger partial charge is 0.351 e. The van der Waals surface area contributed by atoms with Gasteiger partial charge in [-0.15, -0.1) is 0 Å². The molecule has 17 heavy (non-hydrogen) atoms. The minimum atomic E-state index is -0.235. The summed E-state index contributed by atoms with van der Waals surface area (Å²) >= 11 is 0. The van der Waals surface area contributed by atoms with Gasteiger partial charge >= 0.3 is 0 Å². The van der Waals surface area contributed by atoms with Gasteiger partial charge in [-0.1, -0.05) is 13.8 Å². The van der Waals surface area contributed by atoms with E-state index in [4.69, 9.17) is 9.47 Å². The van der Waals surface area contributed by atoms with Crippen molar-refractivity contribution in [1.82, 2.24) is 14.8 Å². The normalized spacial score (nSPS) is 11.4. The lowest BCUT2D eigenvalue weighted by molar-refractivity contribution is -0.145. The van der Waals surface area contributed by atoms with E-state index in [9.17, 15) is 0 Å². The molecule has 0 bridgehead atoms. The van der Waals surface area contributed by atoms with Gasteiger partial charge in [0.2, 0.25) is 0 Å². The van der Waals surface area contributed by atoms with E-state index in [1.54, 1.807) is 0 Å². The van der Waals surface area contributed by atoms with Crippen molar-refractivity contribution in [2.75, 3.05) is 13.2 Å². The Morgan fingerprint density at radius 1 is 1.06 bits per heavy atom. The maximum absolute atomic E-state index is 5.52. The summed E-state index contributed by atoms with van der Waals surface area (Å²) < 4.78 is 12.9. The molecule has 0 spiro atoms. The Hall–Kier alpha value is -0.940. The highest BCUT2D eigenvalue weighted by molar-refractivity contribution is 4.92. The predicted molar refractivity (Wildman–Crippen MR) is 65.8 cm³/mol. The molecule has 0 fully saturated rings. The Labute approximate surface area is 103 Å². The van der Waals surface area contributed by atoms with Crippen molar-refractivity contribution in [3.8, 4) is 0 Å². The van der Waals surface area contributed by atoms with E-state index < -0.39 is 0 Å². The van der Waals surface area contributed by atoms with Crippen LogP contribution < -0.4 is 0 Å². The third-order valence-electron chi connectivity index (χ3n) is 2.45. The molecular weight excluding hydrogens is 218 g/mol. The van der Waals surface area contributed by atoms with Crippen LogP contribution in [0.5, 0.6) is 0 Å². The van der Waals surface area contributed by atoms with Gasteiger partial charge in [0.05, 0.1) is 6.54 Å². The molecular formula is C12H23N3O2. The van der Waals surface area contributed by atoms with Crippen molar-refractivity contribution >= 4 is 0 Å². The van der Waals surface area contributed by atoms with Gasteiger partial charge < -0.3 is 9.47 Å². The van der Waals surface area contributed by atoms with E-state index in [1.807, 2.05) is 18.5 Å². The van der Waals surface area contributed by atoms with Crippen molar-refractivity contribution in [2.24, 2.45) is 0 Å².